The molecule has 21 heavy (non-hydrogen) atoms. The minimum absolute atomic E-state index is 0.639. The van der Waals surface area contributed by atoms with E-state index in [4.69, 9.17) is 0 Å². The number of nitrogens with one attached hydrogen (secondary N) is 1. The Morgan fingerprint density at radius 2 is 1.86 bits per heavy atom. The van der Waals surface area contributed by atoms with Crippen LogP contribution in [0.4, 0.5) is 0 Å². The van der Waals surface area contributed by atoms with Crippen molar-refractivity contribution in [2.75, 3.05) is 0 Å². The number of fused-ring (bicyclic) bond motifs is 1. The van der Waals surface area contributed by atoms with Crippen LogP contribution >= 0.6 is 0 Å². The third kappa shape index (κ3) is 2.38. The van der Waals surface area contributed by atoms with Crippen molar-refractivity contribution in [1.82, 2.24) is 10.3 Å². The van der Waals surface area contributed by atoms with E-state index in [1.54, 1.807) is 0 Å². The van der Waals surface area contributed by atoms with Gasteiger partial charge in [0.25, 0.3) is 0 Å². The molecule has 1 N–H and O–H groups in total. The predicted molar refractivity (Wildman–Crippen MR) is 84.9 cm³/mol. The summed E-state index contributed by atoms with van der Waals surface area (Å²) in [5, 5.41) is 3.82. The third-order valence-electron chi connectivity index (χ3n) is 5.38. The standard InChI is InChI=1S/C19H22N2/c1-2-7-15(8-3-1)18-16-9-4-10-17(16)19(18)21-13-14-6-5-11-20-12-14/h1-3,5-8,11-12,16-19,21H,4,9-10,13H2/t16-,17-,18-,19-/m1/s1. The van der Waals surface area contributed by atoms with Gasteiger partial charge in [0, 0.05) is 30.9 Å². The lowest BCUT2D eigenvalue weighted by molar-refractivity contribution is 0.0940. The van der Waals surface area contributed by atoms with Crippen molar-refractivity contribution in [3.8, 4) is 0 Å². The van der Waals surface area contributed by atoms with E-state index in [9.17, 15) is 0 Å². The fraction of sp³-hybridized carbons (Fsp3) is 0.421. The van der Waals surface area contributed by atoms with Gasteiger partial charge in [-0.3, -0.25) is 4.98 Å². The van der Waals surface area contributed by atoms with Gasteiger partial charge in [-0.15, -0.1) is 0 Å². The van der Waals surface area contributed by atoms with Crippen LogP contribution in [-0.2, 0) is 6.54 Å². The summed E-state index contributed by atoms with van der Waals surface area (Å²) in [5.74, 6) is 2.49. The highest BCUT2D eigenvalue weighted by Crippen LogP contribution is 2.55. The first-order chi connectivity index (χ1) is 10.4. The molecule has 0 aliphatic heterocycles. The van der Waals surface area contributed by atoms with Gasteiger partial charge in [0.1, 0.15) is 0 Å². The summed E-state index contributed by atoms with van der Waals surface area (Å²) in [5.41, 5.74) is 2.80. The second-order valence-corrected chi connectivity index (χ2v) is 6.46. The Balaban J connectivity index is 1.50. The first-order valence-electron chi connectivity index (χ1n) is 8.11. The quantitative estimate of drug-likeness (QED) is 0.921. The summed E-state index contributed by atoms with van der Waals surface area (Å²) in [6, 6.07) is 15.9. The van der Waals surface area contributed by atoms with Crippen LogP contribution in [0.5, 0.6) is 0 Å². The average Bonchev–Trinajstić information content (AvgIpc) is 2.94. The molecule has 4 atom stereocenters. The van der Waals surface area contributed by atoms with Gasteiger partial charge in [0.15, 0.2) is 0 Å². The number of hydrogen-bond acceptors (Lipinski definition) is 2. The molecule has 1 aromatic carbocycles. The van der Waals surface area contributed by atoms with Crippen molar-refractivity contribution in [2.24, 2.45) is 11.8 Å². The highest BCUT2D eigenvalue weighted by atomic mass is 15.0. The molecule has 2 aliphatic rings. The van der Waals surface area contributed by atoms with Gasteiger partial charge >= 0.3 is 0 Å². The summed E-state index contributed by atoms with van der Waals surface area (Å²) in [6.45, 7) is 0.936. The Hall–Kier alpha value is -1.67. The topological polar surface area (TPSA) is 24.9 Å². The van der Waals surface area contributed by atoms with Crippen molar-refractivity contribution in [3.05, 3.63) is 66.0 Å². The molecule has 2 aromatic rings. The molecule has 0 amide bonds. The zero-order valence-electron chi connectivity index (χ0n) is 12.3. The maximum Gasteiger partial charge on any atom is 0.0312 e. The monoisotopic (exact) mass is 278 g/mol. The predicted octanol–water partition coefficient (Wildman–Crippen LogP) is 3.75. The Morgan fingerprint density at radius 1 is 1.00 bits per heavy atom. The van der Waals surface area contributed by atoms with Gasteiger partial charge < -0.3 is 5.32 Å². The van der Waals surface area contributed by atoms with Gasteiger partial charge in [-0.1, -0.05) is 42.8 Å². The highest BCUT2D eigenvalue weighted by Gasteiger charge is 2.52. The fourth-order valence-electron chi connectivity index (χ4n) is 4.44. The molecular formula is C19H22N2. The van der Waals surface area contributed by atoms with Crippen LogP contribution in [0.1, 0.15) is 36.3 Å². The van der Waals surface area contributed by atoms with E-state index in [-0.39, 0.29) is 0 Å². The molecule has 2 saturated carbocycles. The largest absolute Gasteiger partial charge is 0.309 e. The first-order valence-corrected chi connectivity index (χ1v) is 8.11. The van der Waals surface area contributed by atoms with E-state index in [1.807, 2.05) is 18.5 Å². The Bertz CT molecular complexity index is 581. The first kappa shape index (κ1) is 13.0. The minimum atomic E-state index is 0.639. The summed E-state index contributed by atoms with van der Waals surface area (Å²) in [4.78, 5) is 4.21. The van der Waals surface area contributed by atoms with Crippen molar-refractivity contribution >= 4 is 0 Å². The number of benzene rings is 1. The van der Waals surface area contributed by atoms with Gasteiger partial charge in [0.05, 0.1) is 0 Å². The van der Waals surface area contributed by atoms with Crippen LogP contribution < -0.4 is 5.32 Å². The zero-order chi connectivity index (χ0) is 14.1. The Morgan fingerprint density at radius 3 is 2.67 bits per heavy atom. The summed E-state index contributed by atoms with van der Waals surface area (Å²) >= 11 is 0. The zero-order valence-corrected chi connectivity index (χ0v) is 12.3. The molecule has 0 radical (unpaired) electrons. The highest BCUT2D eigenvalue weighted by molar-refractivity contribution is 5.28. The summed E-state index contributed by atoms with van der Waals surface area (Å²) < 4.78 is 0. The van der Waals surface area contributed by atoms with Crippen LogP contribution in [-0.4, -0.2) is 11.0 Å². The number of hydrogen-bond donors (Lipinski definition) is 1. The van der Waals surface area contributed by atoms with Crippen LogP contribution in [0, 0.1) is 11.8 Å². The minimum Gasteiger partial charge on any atom is -0.309 e. The smallest absolute Gasteiger partial charge is 0.0312 e. The molecule has 1 heterocycles. The third-order valence-corrected chi connectivity index (χ3v) is 5.38. The summed E-state index contributed by atoms with van der Waals surface area (Å²) in [6.07, 6.45) is 8.03. The molecule has 0 unspecified atom stereocenters. The molecule has 108 valence electrons. The average molecular weight is 278 g/mol. The van der Waals surface area contributed by atoms with Crippen molar-refractivity contribution in [3.63, 3.8) is 0 Å². The van der Waals surface area contributed by atoms with Gasteiger partial charge in [-0.25, -0.2) is 0 Å². The van der Waals surface area contributed by atoms with Crippen LogP contribution in [0.2, 0.25) is 0 Å². The normalized spacial score (nSPS) is 30.7. The summed E-state index contributed by atoms with van der Waals surface area (Å²) in [7, 11) is 0. The fourth-order valence-corrected chi connectivity index (χ4v) is 4.44. The van der Waals surface area contributed by atoms with E-state index in [1.165, 1.54) is 30.4 Å². The maximum absolute atomic E-state index is 4.21. The van der Waals surface area contributed by atoms with Crippen molar-refractivity contribution in [2.45, 2.75) is 37.8 Å². The van der Waals surface area contributed by atoms with Gasteiger partial charge in [0.2, 0.25) is 0 Å². The Labute approximate surface area is 126 Å². The maximum atomic E-state index is 4.21. The molecule has 2 heteroatoms. The second-order valence-electron chi connectivity index (χ2n) is 6.46. The molecule has 0 bridgehead atoms. The van der Waals surface area contributed by atoms with E-state index in [0.29, 0.717) is 12.0 Å². The molecule has 0 spiro atoms. The van der Waals surface area contributed by atoms with Crippen LogP contribution in [0.25, 0.3) is 0 Å². The van der Waals surface area contributed by atoms with Gasteiger partial charge in [-0.2, -0.15) is 0 Å². The lowest BCUT2D eigenvalue weighted by Gasteiger charge is -2.50. The molecule has 1 aromatic heterocycles. The number of rotatable bonds is 4. The Kier molecular flexibility index (Phi) is 3.48. The molecule has 4 rings (SSSR count). The number of aromatic nitrogens is 1. The van der Waals surface area contributed by atoms with Crippen molar-refractivity contribution in [1.29, 1.82) is 0 Å². The van der Waals surface area contributed by atoms with Crippen LogP contribution in [0.15, 0.2) is 54.9 Å². The second kappa shape index (κ2) is 5.61. The molecule has 2 fully saturated rings. The molecule has 2 aliphatic carbocycles. The lowest BCUT2D eigenvalue weighted by Crippen LogP contribution is -2.54. The van der Waals surface area contributed by atoms with Gasteiger partial charge in [-0.05, 0) is 41.9 Å². The van der Waals surface area contributed by atoms with Crippen LogP contribution in [0.3, 0.4) is 0 Å². The number of nitrogens with zero attached hydrogens (tertiary/aromatic N) is 1. The van der Waals surface area contributed by atoms with E-state index < -0.39 is 0 Å². The number of pyridine rings is 1. The van der Waals surface area contributed by atoms with E-state index >= 15 is 0 Å². The molecular weight excluding hydrogens is 256 g/mol. The molecule has 0 saturated heterocycles. The van der Waals surface area contributed by atoms with E-state index in [2.05, 4.69) is 46.7 Å². The van der Waals surface area contributed by atoms with Crippen molar-refractivity contribution < 1.29 is 0 Å². The lowest BCUT2D eigenvalue weighted by atomic mass is 9.60. The molecule has 2 nitrogen and oxygen atoms in total. The van der Waals surface area contributed by atoms with E-state index in [0.717, 1.165) is 18.4 Å². The SMILES string of the molecule is c1ccc([C@@H]2[C@@H]3CCC[C@H]3[C@H]2NCc2cccnc2)cc1.